The third-order valence-electron chi connectivity index (χ3n) is 12.6. The van der Waals surface area contributed by atoms with E-state index in [4.69, 9.17) is 24.2 Å². The Labute approximate surface area is 372 Å². The first kappa shape index (κ1) is 43.7. The summed E-state index contributed by atoms with van der Waals surface area (Å²) in [6.07, 6.45) is 9.06. The number of fused-ring (bicyclic) bond motifs is 6. The fourth-order valence-electron chi connectivity index (χ4n) is 9.31. The van der Waals surface area contributed by atoms with Crippen LogP contribution in [0.5, 0.6) is 5.75 Å². The van der Waals surface area contributed by atoms with Gasteiger partial charge >= 0.3 is 12.2 Å². The molecule has 6 atom stereocenters. The summed E-state index contributed by atoms with van der Waals surface area (Å²) in [5.74, 6) is 2.01. The number of aromatic amines is 2. The van der Waals surface area contributed by atoms with Gasteiger partial charge in [0.15, 0.2) is 0 Å². The SMILES string of the molecule is C=C(/C=C\C=C/C)[C@@H](NC(=O)OC)C(=O)N1C[C@@H](C)C[C@H]1c1ncc(-c2ccc3c(c2)COc2cc4c(ccc5nc([C@@H]6C[C@H](C)CN6C(=O)[C@@H](NC(=O)OC)C(C)C)[nH]c54)cc2-3)[nH]1. The van der Waals surface area contributed by atoms with Gasteiger partial charge < -0.3 is 44.6 Å². The van der Waals surface area contributed by atoms with Gasteiger partial charge in [-0.05, 0) is 89.4 Å². The summed E-state index contributed by atoms with van der Waals surface area (Å²) in [7, 11) is 2.55. The zero-order valence-corrected chi connectivity index (χ0v) is 37.4. The number of carbonyl (C=O) groups excluding carboxylic acids is 4. The van der Waals surface area contributed by atoms with E-state index in [-0.39, 0.29) is 41.7 Å². The van der Waals surface area contributed by atoms with Crippen molar-refractivity contribution in [3.63, 3.8) is 0 Å². The Morgan fingerprint density at radius 3 is 2.28 bits per heavy atom. The van der Waals surface area contributed by atoms with Crippen molar-refractivity contribution in [2.45, 2.75) is 78.2 Å². The van der Waals surface area contributed by atoms with Crippen molar-refractivity contribution in [1.82, 2.24) is 40.4 Å². The first-order valence-electron chi connectivity index (χ1n) is 21.8. The van der Waals surface area contributed by atoms with E-state index in [1.807, 2.05) is 43.9 Å². The number of aromatic nitrogens is 4. The van der Waals surface area contributed by atoms with Gasteiger partial charge in [0.2, 0.25) is 5.91 Å². The molecule has 4 N–H and O–H groups in total. The van der Waals surface area contributed by atoms with E-state index in [0.717, 1.165) is 61.9 Å². The maximum atomic E-state index is 14.1. The van der Waals surface area contributed by atoms with E-state index in [9.17, 15) is 19.2 Å². The molecule has 334 valence electrons. The molecule has 2 aromatic heterocycles. The van der Waals surface area contributed by atoms with Gasteiger partial charge in [-0.15, -0.1) is 0 Å². The fourth-order valence-corrected chi connectivity index (χ4v) is 9.31. The second kappa shape index (κ2) is 18.1. The molecule has 0 spiro atoms. The van der Waals surface area contributed by atoms with Gasteiger partial charge in [-0.1, -0.05) is 76.8 Å². The second-order valence-corrected chi connectivity index (χ2v) is 17.6. The highest BCUT2D eigenvalue weighted by Gasteiger charge is 2.41. The number of likely N-dealkylation sites (tertiary alicyclic amines) is 2. The number of rotatable bonds is 11. The fraction of sp³-hybridized carbons (Fsp3) is 0.388. The third-order valence-corrected chi connectivity index (χ3v) is 12.6. The average molecular weight is 869 g/mol. The number of imidazole rings is 2. The van der Waals surface area contributed by atoms with Crippen LogP contribution in [0, 0.1) is 17.8 Å². The van der Waals surface area contributed by atoms with Crippen molar-refractivity contribution in [2.75, 3.05) is 27.3 Å². The maximum absolute atomic E-state index is 14.1. The minimum Gasteiger partial charge on any atom is -0.488 e. The number of nitrogens with zero attached hydrogens (tertiary/aromatic N) is 4. The van der Waals surface area contributed by atoms with E-state index in [1.165, 1.54) is 14.2 Å². The molecule has 3 aliphatic rings. The smallest absolute Gasteiger partial charge is 0.407 e. The van der Waals surface area contributed by atoms with Crippen LogP contribution in [-0.2, 0) is 25.7 Å². The number of ether oxygens (including phenoxy) is 3. The van der Waals surface area contributed by atoms with Crippen LogP contribution < -0.4 is 15.4 Å². The topological polar surface area (TPSA) is 184 Å². The highest BCUT2D eigenvalue weighted by molar-refractivity contribution is 6.07. The van der Waals surface area contributed by atoms with Crippen molar-refractivity contribution in [2.24, 2.45) is 17.8 Å². The molecule has 5 aromatic rings. The number of methoxy groups -OCH3 is 2. The van der Waals surface area contributed by atoms with Crippen molar-refractivity contribution in [1.29, 1.82) is 0 Å². The third kappa shape index (κ3) is 8.46. The molecule has 5 heterocycles. The summed E-state index contributed by atoms with van der Waals surface area (Å²) in [4.78, 5) is 73.0. The molecule has 0 unspecified atom stereocenters. The molecule has 0 radical (unpaired) electrons. The first-order valence-corrected chi connectivity index (χ1v) is 21.8. The first-order chi connectivity index (χ1) is 30.8. The lowest BCUT2D eigenvalue weighted by molar-refractivity contribution is -0.135. The Hall–Kier alpha value is -6.90. The van der Waals surface area contributed by atoms with Crippen molar-refractivity contribution in [3.8, 4) is 28.1 Å². The summed E-state index contributed by atoms with van der Waals surface area (Å²) >= 11 is 0. The lowest BCUT2D eigenvalue weighted by Crippen LogP contribution is -2.51. The highest BCUT2D eigenvalue weighted by atomic mass is 16.5. The molecule has 15 heteroatoms. The van der Waals surface area contributed by atoms with Gasteiger partial charge in [-0.2, -0.15) is 0 Å². The van der Waals surface area contributed by atoms with Gasteiger partial charge in [-0.3, -0.25) is 9.59 Å². The van der Waals surface area contributed by atoms with Crippen molar-refractivity contribution < 1.29 is 33.4 Å². The number of benzene rings is 3. The van der Waals surface area contributed by atoms with Crippen LogP contribution in [0.3, 0.4) is 0 Å². The molecule has 64 heavy (non-hydrogen) atoms. The van der Waals surface area contributed by atoms with Gasteiger partial charge in [-0.25, -0.2) is 19.6 Å². The minimum absolute atomic E-state index is 0.138. The minimum atomic E-state index is -1.01. The lowest BCUT2D eigenvalue weighted by Gasteiger charge is -2.30. The molecule has 3 aromatic carbocycles. The molecule has 0 bridgehead atoms. The van der Waals surface area contributed by atoms with Crippen LogP contribution in [0.25, 0.3) is 44.2 Å². The molecular formula is C49H56N8O7. The largest absolute Gasteiger partial charge is 0.488 e. The summed E-state index contributed by atoms with van der Waals surface area (Å²) in [6, 6.07) is 12.2. The van der Waals surface area contributed by atoms with E-state index in [1.54, 1.807) is 23.2 Å². The van der Waals surface area contributed by atoms with Crippen LogP contribution in [0.2, 0.25) is 0 Å². The lowest BCUT2D eigenvalue weighted by atomic mass is 9.92. The second-order valence-electron chi connectivity index (χ2n) is 17.6. The van der Waals surface area contributed by atoms with Crippen LogP contribution >= 0.6 is 0 Å². The Balaban J connectivity index is 1.04. The normalized spacial score (nSPS) is 20.4. The molecule has 2 saturated heterocycles. The average Bonchev–Trinajstić information content (AvgIpc) is 4.11. The number of allylic oxidation sites excluding steroid dienone is 3. The predicted molar refractivity (Wildman–Crippen MR) is 244 cm³/mol. The van der Waals surface area contributed by atoms with E-state index in [0.29, 0.717) is 43.3 Å². The Morgan fingerprint density at radius 1 is 0.875 bits per heavy atom. The monoisotopic (exact) mass is 868 g/mol. The molecule has 4 amide bonds. The molecule has 0 aliphatic carbocycles. The molecule has 0 saturated carbocycles. The highest BCUT2D eigenvalue weighted by Crippen LogP contribution is 2.44. The molecule has 2 fully saturated rings. The molecular weight excluding hydrogens is 813 g/mol. The molecule has 3 aliphatic heterocycles. The zero-order chi connectivity index (χ0) is 45.4. The van der Waals surface area contributed by atoms with Crippen LogP contribution in [0.4, 0.5) is 9.59 Å². The van der Waals surface area contributed by atoms with E-state index >= 15 is 0 Å². The van der Waals surface area contributed by atoms with Crippen molar-refractivity contribution >= 4 is 45.8 Å². The number of hydrogen-bond donors (Lipinski definition) is 4. The number of amides is 4. The van der Waals surface area contributed by atoms with Gasteiger partial charge in [0, 0.05) is 24.0 Å². The zero-order valence-electron chi connectivity index (χ0n) is 37.4. The summed E-state index contributed by atoms with van der Waals surface area (Å²) in [5.41, 5.74) is 6.92. The Kier molecular flexibility index (Phi) is 12.3. The Bertz CT molecular complexity index is 2700. The quantitative estimate of drug-likeness (QED) is 0.0949. The standard InChI is InChI=1S/C49H56N8O7/c1-9-10-11-12-29(6)42(55-49(61)63-8)47(59)56-23-27(4)17-38(56)44-50-22-37(52-44)31-13-15-33-32(19-31)25-64-40-21-34-30(20-35(33)40)14-16-36-43(34)53-45(51-36)39-18-28(5)24-57(39)46(58)41(26(2)3)54-48(60)62-7/h9-16,19-22,26-28,38-39,41-42H,6,17-18,23-25H2,1-5,7-8H3,(H,50,52)(H,51,53)(H,54,60)(H,55,61)/b10-9-,12-11-/t27-,28-,38-,39-,41-,42+/m0/s1. The summed E-state index contributed by atoms with van der Waals surface area (Å²) in [6.45, 7) is 15.4. The maximum Gasteiger partial charge on any atom is 0.407 e. The molecule has 15 nitrogen and oxygen atoms in total. The van der Waals surface area contributed by atoms with Gasteiger partial charge in [0.05, 0.1) is 49.2 Å². The number of carbonyl (C=O) groups is 4. The van der Waals surface area contributed by atoms with E-state index < -0.39 is 24.3 Å². The van der Waals surface area contributed by atoms with E-state index in [2.05, 4.69) is 77.4 Å². The summed E-state index contributed by atoms with van der Waals surface area (Å²) < 4.78 is 16.1. The van der Waals surface area contributed by atoms with Crippen LogP contribution in [0.15, 0.2) is 85.1 Å². The van der Waals surface area contributed by atoms with Gasteiger partial charge in [0.1, 0.15) is 36.1 Å². The number of alkyl carbamates (subject to hydrolysis) is 2. The number of H-pyrrole nitrogens is 2. The number of nitrogens with one attached hydrogen (secondary N) is 4. The Morgan fingerprint density at radius 2 is 1.58 bits per heavy atom. The molecule has 8 rings (SSSR count). The summed E-state index contributed by atoms with van der Waals surface area (Å²) in [5, 5.41) is 7.38. The van der Waals surface area contributed by atoms with Crippen LogP contribution in [0.1, 0.15) is 76.8 Å². The van der Waals surface area contributed by atoms with Crippen LogP contribution in [-0.4, -0.2) is 93.1 Å². The predicted octanol–water partition coefficient (Wildman–Crippen LogP) is 8.28. The van der Waals surface area contributed by atoms with Gasteiger partial charge in [0.25, 0.3) is 5.91 Å². The van der Waals surface area contributed by atoms with Crippen molar-refractivity contribution in [3.05, 3.63) is 102 Å². The number of hydrogen-bond acceptors (Lipinski definition) is 9.